The van der Waals surface area contributed by atoms with E-state index in [1.165, 1.54) is 4.70 Å². The Hall–Kier alpha value is -1.62. The Bertz CT molecular complexity index is 814. The third-order valence-electron chi connectivity index (χ3n) is 3.37. The molecule has 6 heteroatoms. The van der Waals surface area contributed by atoms with Crippen molar-refractivity contribution in [2.75, 3.05) is 6.54 Å². The van der Waals surface area contributed by atoms with Crippen LogP contribution >= 0.6 is 34.5 Å². The van der Waals surface area contributed by atoms with Crippen LogP contribution in [0, 0.1) is 0 Å². The number of hydrogen-bond acceptors (Lipinski definition) is 3. The van der Waals surface area contributed by atoms with Gasteiger partial charge in [-0.2, -0.15) is 0 Å². The number of thiazole rings is 1. The smallest absolute Gasteiger partial charge is 0.252 e. The van der Waals surface area contributed by atoms with Crippen molar-refractivity contribution in [3.8, 4) is 0 Å². The first-order valence-corrected chi connectivity index (χ1v) is 8.78. The summed E-state index contributed by atoms with van der Waals surface area (Å²) in [6.07, 6.45) is 1.67. The van der Waals surface area contributed by atoms with Crippen LogP contribution in [0.3, 0.4) is 0 Å². The largest absolute Gasteiger partial charge is 0.352 e. The lowest BCUT2D eigenvalue weighted by molar-refractivity contribution is 0.0953. The summed E-state index contributed by atoms with van der Waals surface area (Å²) < 4.78 is 1.19. The molecule has 0 saturated heterocycles. The Balaban J connectivity index is 1.52. The molecule has 0 aliphatic heterocycles. The second-order valence-corrected chi connectivity index (χ2v) is 7.02. The second kappa shape index (κ2) is 7.30. The normalized spacial score (nSPS) is 10.9. The predicted molar refractivity (Wildman–Crippen MR) is 96.7 cm³/mol. The van der Waals surface area contributed by atoms with Gasteiger partial charge in [0.1, 0.15) is 0 Å². The molecule has 0 radical (unpaired) electrons. The van der Waals surface area contributed by atoms with Gasteiger partial charge in [-0.25, -0.2) is 4.98 Å². The predicted octanol–water partition coefficient (Wildman–Crippen LogP) is 4.97. The maximum Gasteiger partial charge on any atom is 0.252 e. The average molecular weight is 365 g/mol. The summed E-state index contributed by atoms with van der Waals surface area (Å²) in [5.74, 6) is -0.184. The summed E-state index contributed by atoms with van der Waals surface area (Å²) in [6.45, 7) is 0.577. The molecule has 118 valence electrons. The molecule has 1 N–H and O–H groups in total. The van der Waals surface area contributed by atoms with Crippen LogP contribution in [-0.2, 0) is 6.42 Å². The summed E-state index contributed by atoms with van der Waals surface area (Å²) in [7, 11) is 0. The zero-order valence-electron chi connectivity index (χ0n) is 12.2. The lowest BCUT2D eigenvalue weighted by Crippen LogP contribution is -2.25. The molecule has 2 aromatic carbocycles. The monoisotopic (exact) mass is 364 g/mol. The molecule has 1 aromatic heterocycles. The topological polar surface area (TPSA) is 42.0 Å². The highest BCUT2D eigenvalue weighted by molar-refractivity contribution is 7.18. The minimum atomic E-state index is -0.184. The van der Waals surface area contributed by atoms with Crippen LogP contribution in [0.1, 0.15) is 21.8 Å². The molecule has 0 spiro atoms. The number of aryl methyl sites for hydroxylation is 1. The first-order chi connectivity index (χ1) is 11.1. The van der Waals surface area contributed by atoms with Crippen LogP contribution in [0.2, 0.25) is 10.0 Å². The molecule has 3 rings (SSSR count). The van der Waals surface area contributed by atoms with Gasteiger partial charge in [0.15, 0.2) is 0 Å². The molecule has 23 heavy (non-hydrogen) atoms. The summed E-state index contributed by atoms with van der Waals surface area (Å²) in [5.41, 5.74) is 1.47. The fourth-order valence-corrected chi connectivity index (χ4v) is 3.74. The van der Waals surface area contributed by atoms with E-state index < -0.39 is 0 Å². The summed E-state index contributed by atoms with van der Waals surface area (Å²) >= 11 is 13.5. The fraction of sp³-hybridized carbons (Fsp3) is 0.176. The van der Waals surface area contributed by atoms with E-state index in [0.717, 1.165) is 23.4 Å². The van der Waals surface area contributed by atoms with E-state index in [1.54, 1.807) is 29.5 Å². The van der Waals surface area contributed by atoms with Gasteiger partial charge in [0.25, 0.3) is 5.91 Å². The molecule has 3 aromatic rings. The SMILES string of the molecule is O=C(NCCCc1nc2ccccc2s1)c1ccc(Cl)cc1Cl. The van der Waals surface area contributed by atoms with Crippen molar-refractivity contribution in [2.45, 2.75) is 12.8 Å². The van der Waals surface area contributed by atoms with Crippen molar-refractivity contribution in [1.29, 1.82) is 0 Å². The number of fused-ring (bicyclic) bond motifs is 1. The molecule has 3 nitrogen and oxygen atoms in total. The van der Waals surface area contributed by atoms with Crippen LogP contribution in [0.15, 0.2) is 42.5 Å². The van der Waals surface area contributed by atoms with E-state index in [-0.39, 0.29) is 5.91 Å². The summed E-state index contributed by atoms with van der Waals surface area (Å²) in [5, 5.41) is 4.84. The lowest BCUT2D eigenvalue weighted by Gasteiger charge is -2.06. The molecule has 1 amide bonds. The standard InChI is InChI=1S/C17H14Cl2N2OS/c18-11-7-8-12(13(19)10-11)17(22)20-9-3-6-16-21-14-4-1-2-5-15(14)23-16/h1-2,4-5,7-8,10H,3,6,9H2,(H,20,22). The summed E-state index contributed by atoms with van der Waals surface area (Å²) in [6, 6.07) is 12.9. The number of aromatic nitrogens is 1. The maximum absolute atomic E-state index is 12.1. The highest BCUT2D eigenvalue weighted by Gasteiger charge is 2.10. The number of benzene rings is 2. The van der Waals surface area contributed by atoms with Crippen molar-refractivity contribution < 1.29 is 4.79 Å². The molecular weight excluding hydrogens is 351 g/mol. The molecule has 0 saturated carbocycles. The Morgan fingerprint density at radius 3 is 2.78 bits per heavy atom. The van der Waals surface area contributed by atoms with Gasteiger partial charge in [-0.3, -0.25) is 4.79 Å². The Morgan fingerprint density at radius 2 is 2.00 bits per heavy atom. The van der Waals surface area contributed by atoms with Crippen molar-refractivity contribution >= 4 is 50.7 Å². The number of halogens is 2. The van der Waals surface area contributed by atoms with Crippen molar-refractivity contribution in [3.63, 3.8) is 0 Å². The van der Waals surface area contributed by atoms with Crippen LogP contribution in [0.25, 0.3) is 10.2 Å². The minimum absolute atomic E-state index is 0.184. The van der Waals surface area contributed by atoms with Gasteiger partial charge in [-0.05, 0) is 36.8 Å². The number of carbonyl (C=O) groups is 1. The maximum atomic E-state index is 12.1. The fourth-order valence-electron chi connectivity index (χ4n) is 2.24. The number of amides is 1. The number of carbonyl (C=O) groups excluding carboxylic acids is 1. The van der Waals surface area contributed by atoms with Gasteiger partial charge >= 0.3 is 0 Å². The first kappa shape index (κ1) is 16.2. The first-order valence-electron chi connectivity index (χ1n) is 7.21. The Kier molecular flexibility index (Phi) is 5.16. The van der Waals surface area contributed by atoms with Crippen LogP contribution < -0.4 is 5.32 Å². The van der Waals surface area contributed by atoms with Crippen LogP contribution in [0.4, 0.5) is 0 Å². The van der Waals surface area contributed by atoms with Crippen molar-refractivity contribution in [3.05, 3.63) is 63.1 Å². The zero-order valence-corrected chi connectivity index (χ0v) is 14.5. The van der Waals surface area contributed by atoms with E-state index in [0.29, 0.717) is 22.2 Å². The van der Waals surface area contributed by atoms with E-state index in [2.05, 4.69) is 16.4 Å². The van der Waals surface area contributed by atoms with Gasteiger partial charge in [0.2, 0.25) is 0 Å². The van der Waals surface area contributed by atoms with Crippen LogP contribution in [-0.4, -0.2) is 17.4 Å². The summed E-state index contributed by atoms with van der Waals surface area (Å²) in [4.78, 5) is 16.7. The third-order valence-corrected chi connectivity index (χ3v) is 5.01. The number of para-hydroxylation sites is 1. The van der Waals surface area contributed by atoms with Gasteiger partial charge in [0.05, 0.1) is 25.8 Å². The number of hydrogen-bond donors (Lipinski definition) is 1. The molecule has 0 unspecified atom stereocenters. The highest BCUT2D eigenvalue weighted by atomic mass is 35.5. The Labute approximate surface area is 148 Å². The van der Waals surface area contributed by atoms with Crippen molar-refractivity contribution in [1.82, 2.24) is 10.3 Å². The molecule has 0 aliphatic carbocycles. The molecule has 0 atom stereocenters. The highest BCUT2D eigenvalue weighted by Crippen LogP contribution is 2.23. The number of nitrogens with one attached hydrogen (secondary N) is 1. The van der Waals surface area contributed by atoms with Gasteiger partial charge in [-0.15, -0.1) is 11.3 Å². The molecule has 0 fully saturated rings. The number of rotatable bonds is 5. The van der Waals surface area contributed by atoms with E-state index in [4.69, 9.17) is 23.2 Å². The second-order valence-electron chi connectivity index (χ2n) is 5.06. The van der Waals surface area contributed by atoms with Gasteiger partial charge < -0.3 is 5.32 Å². The van der Waals surface area contributed by atoms with Gasteiger partial charge in [0, 0.05) is 18.0 Å². The Morgan fingerprint density at radius 1 is 1.17 bits per heavy atom. The zero-order chi connectivity index (χ0) is 16.2. The minimum Gasteiger partial charge on any atom is -0.352 e. The lowest BCUT2D eigenvalue weighted by atomic mass is 10.2. The molecule has 0 aliphatic rings. The number of nitrogens with zero attached hydrogens (tertiary/aromatic N) is 1. The van der Waals surface area contributed by atoms with Crippen molar-refractivity contribution in [2.24, 2.45) is 0 Å². The molecular formula is C17H14Cl2N2OS. The van der Waals surface area contributed by atoms with Crippen LogP contribution in [0.5, 0.6) is 0 Å². The molecule has 0 bridgehead atoms. The average Bonchev–Trinajstić information content (AvgIpc) is 2.94. The third kappa shape index (κ3) is 4.02. The van der Waals surface area contributed by atoms with Gasteiger partial charge in [-0.1, -0.05) is 35.3 Å². The van der Waals surface area contributed by atoms with E-state index in [9.17, 15) is 4.79 Å². The van der Waals surface area contributed by atoms with E-state index in [1.807, 2.05) is 18.2 Å². The molecule has 1 heterocycles. The van der Waals surface area contributed by atoms with E-state index >= 15 is 0 Å². The quantitative estimate of drug-likeness (QED) is 0.649.